The molecular weight excluding hydrogens is 228 g/mol. The van der Waals surface area contributed by atoms with Gasteiger partial charge in [-0.25, -0.2) is 0 Å². The quantitative estimate of drug-likeness (QED) is 0.263. The van der Waals surface area contributed by atoms with Gasteiger partial charge in [0.15, 0.2) is 0 Å². The Hall–Kier alpha value is -0.760. The molecule has 102 valence electrons. The average Bonchev–Trinajstić information content (AvgIpc) is 2.37. The van der Waals surface area contributed by atoms with Crippen molar-refractivity contribution in [3.05, 3.63) is 25.3 Å². The lowest BCUT2D eigenvalue weighted by molar-refractivity contribution is -0.0900. The molecule has 0 rings (SSSR count). The molecule has 0 amide bonds. The minimum atomic E-state index is -1.49. The summed E-state index contributed by atoms with van der Waals surface area (Å²) in [4.78, 5) is 0. The fraction of sp³-hybridized carbons (Fsp3) is 0.636. The molecule has 17 heavy (non-hydrogen) atoms. The van der Waals surface area contributed by atoms with Crippen LogP contribution in [-0.2, 0) is 4.74 Å². The highest BCUT2D eigenvalue weighted by Crippen LogP contribution is 1.97. The summed E-state index contributed by atoms with van der Waals surface area (Å²) in [6.45, 7) is 6.90. The molecule has 6 nitrogen and oxygen atoms in total. The van der Waals surface area contributed by atoms with Crippen LogP contribution in [0.4, 0.5) is 0 Å². The zero-order valence-corrected chi connectivity index (χ0v) is 9.77. The van der Waals surface area contributed by atoms with E-state index in [0.717, 1.165) is 0 Å². The smallest absolute Gasteiger partial charge is 0.110 e. The van der Waals surface area contributed by atoms with Gasteiger partial charge in [-0.2, -0.15) is 0 Å². The summed E-state index contributed by atoms with van der Waals surface area (Å²) in [6.07, 6.45) is -0.869. The summed E-state index contributed by atoms with van der Waals surface area (Å²) in [6, 6.07) is 0. The summed E-state index contributed by atoms with van der Waals surface area (Å²) >= 11 is 0. The first-order chi connectivity index (χ1) is 8.04. The van der Waals surface area contributed by atoms with Crippen molar-refractivity contribution in [1.82, 2.24) is 0 Å². The third-order valence-corrected chi connectivity index (χ3v) is 1.63. The van der Waals surface area contributed by atoms with Crippen LogP contribution in [-0.4, -0.2) is 70.3 Å². The maximum absolute atomic E-state index is 8.77. The van der Waals surface area contributed by atoms with E-state index in [2.05, 4.69) is 13.2 Å². The number of aliphatic hydroxyl groups excluding tert-OH is 5. The molecule has 0 aliphatic rings. The molecule has 0 aromatic rings. The van der Waals surface area contributed by atoms with Crippen LogP contribution >= 0.6 is 0 Å². The van der Waals surface area contributed by atoms with Crippen LogP contribution in [0, 0.1) is 0 Å². The van der Waals surface area contributed by atoms with E-state index in [1.165, 1.54) is 0 Å². The van der Waals surface area contributed by atoms with E-state index in [0.29, 0.717) is 13.2 Å². The molecular formula is C11H22O6. The third-order valence-electron chi connectivity index (χ3n) is 1.63. The summed E-state index contributed by atoms with van der Waals surface area (Å²) in [7, 11) is 0. The van der Waals surface area contributed by atoms with Gasteiger partial charge < -0.3 is 30.3 Å². The van der Waals surface area contributed by atoms with Crippen LogP contribution in [0.5, 0.6) is 0 Å². The molecule has 0 aromatic heterocycles. The van der Waals surface area contributed by atoms with E-state index in [-0.39, 0.29) is 0 Å². The number of rotatable bonds is 8. The molecule has 0 aliphatic heterocycles. The van der Waals surface area contributed by atoms with Crippen LogP contribution in [0.15, 0.2) is 25.3 Å². The standard InChI is InChI=1S/C6H10O.C5H12O5/c1-3-5-7-6-4-2;6-1-3(8)5(10)4(9)2-7/h3-4H,1-2,5-6H2;3-10H,1-2H2/t;3-,4+,5?. The van der Waals surface area contributed by atoms with Gasteiger partial charge in [0.2, 0.25) is 0 Å². The van der Waals surface area contributed by atoms with Gasteiger partial charge in [0.25, 0.3) is 0 Å². The Morgan fingerprint density at radius 3 is 1.47 bits per heavy atom. The predicted molar refractivity (Wildman–Crippen MR) is 63.4 cm³/mol. The molecule has 0 saturated heterocycles. The topological polar surface area (TPSA) is 110 Å². The zero-order valence-electron chi connectivity index (χ0n) is 9.77. The molecule has 1 unspecified atom stereocenters. The van der Waals surface area contributed by atoms with Crippen LogP contribution in [0.25, 0.3) is 0 Å². The van der Waals surface area contributed by atoms with E-state index in [4.69, 9.17) is 30.3 Å². The molecule has 0 fully saturated rings. The van der Waals surface area contributed by atoms with Gasteiger partial charge in [-0.1, -0.05) is 12.2 Å². The number of hydrogen-bond acceptors (Lipinski definition) is 6. The zero-order chi connectivity index (χ0) is 13.7. The monoisotopic (exact) mass is 250 g/mol. The first-order valence-electron chi connectivity index (χ1n) is 5.10. The molecule has 0 heterocycles. The number of aliphatic hydroxyl groups is 5. The predicted octanol–water partition coefficient (Wildman–Crippen LogP) is -1.57. The van der Waals surface area contributed by atoms with Crippen LogP contribution in [0.3, 0.4) is 0 Å². The maximum atomic E-state index is 8.77. The minimum absolute atomic E-state index is 0.617. The van der Waals surface area contributed by atoms with Crippen molar-refractivity contribution in [2.75, 3.05) is 26.4 Å². The van der Waals surface area contributed by atoms with Gasteiger partial charge >= 0.3 is 0 Å². The van der Waals surface area contributed by atoms with Crippen molar-refractivity contribution in [1.29, 1.82) is 0 Å². The number of hydrogen-bond donors (Lipinski definition) is 5. The molecule has 0 bridgehead atoms. The first-order valence-corrected chi connectivity index (χ1v) is 5.10. The highest BCUT2D eigenvalue weighted by atomic mass is 16.5. The second kappa shape index (κ2) is 13.3. The molecule has 0 saturated carbocycles. The highest BCUT2D eigenvalue weighted by molar-refractivity contribution is 4.73. The van der Waals surface area contributed by atoms with Gasteiger partial charge in [0.05, 0.1) is 26.4 Å². The largest absolute Gasteiger partial charge is 0.394 e. The van der Waals surface area contributed by atoms with Gasteiger partial charge in [0, 0.05) is 0 Å². The molecule has 0 aromatic carbocycles. The van der Waals surface area contributed by atoms with Gasteiger partial charge in [-0.15, -0.1) is 13.2 Å². The number of ether oxygens (including phenoxy) is 1. The van der Waals surface area contributed by atoms with Crippen molar-refractivity contribution < 1.29 is 30.3 Å². The molecule has 6 heteroatoms. The highest BCUT2D eigenvalue weighted by Gasteiger charge is 2.22. The van der Waals surface area contributed by atoms with Crippen LogP contribution in [0.1, 0.15) is 0 Å². The van der Waals surface area contributed by atoms with E-state index in [1.807, 2.05) is 0 Å². The summed E-state index contributed by atoms with van der Waals surface area (Å²) in [5, 5.41) is 42.6. The van der Waals surface area contributed by atoms with Crippen molar-refractivity contribution in [2.24, 2.45) is 0 Å². The molecule has 0 spiro atoms. The Morgan fingerprint density at radius 2 is 1.24 bits per heavy atom. The average molecular weight is 250 g/mol. The fourth-order valence-electron chi connectivity index (χ4n) is 0.707. The normalized spacial score (nSPS) is 15.1. The Balaban J connectivity index is 0. The lowest BCUT2D eigenvalue weighted by Crippen LogP contribution is -2.41. The minimum Gasteiger partial charge on any atom is -0.394 e. The first kappa shape index (κ1) is 18.6. The van der Waals surface area contributed by atoms with E-state index in [1.54, 1.807) is 12.2 Å². The summed E-state index contributed by atoms with van der Waals surface area (Å²) < 4.78 is 4.90. The van der Waals surface area contributed by atoms with Crippen LogP contribution < -0.4 is 0 Å². The third kappa shape index (κ3) is 11.5. The van der Waals surface area contributed by atoms with Gasteiger partial charge in [-0.3, -0.25) is 0 Å². The summed E-state index contributed by atoms with van der Waals surface area (Å²) in [5.41, 5.74) is 0. The van der Waals surface area contributed by atoms with Crippen molar-refractivity contribution in [3.8, 4) is 0 Å². The van der Waals surface area contributed by atoms with Gasteiger partial charge in [-0.05, 0) is 0 Å². The lowest BCUT2D eigenvalue weighted by Gasteiger charge is -2.19. The summed E-state index contributed by atoms with van der Waals surface area (Å²) in [5.74, 6) is 0. The van der Waals surface area contributed by atoms with E-state index < -0.39 is 31.5 Å². The van der Waals surface area contributed by atoms with E-state index >= 15 is 0 Å². The SMILES string of the molecule is C=CCOCC=C.OC[C@@H](O)C(O)[C@@H](O)CO. The molecule has 0 radical (unpaired) electrons. The van der Waals surface area contributed by atoms with Crippen LogP contribution in [0.2, 0.25) is 0 Å². The van der Waals surface area contributed by atoms with Crippen molar-refractivity contribution in [3.63, 3.8) is 0 Å². The molecule has 0 aliphatic carbocycles. The molecule has 3 atom stereocenters. The fourth-order valence-corrected chi connectivity index (χ4v) is 0.707. The van der Waals surface area contributed by atoms with Gasteiger partial charge in [0.1, 0.15) is 18.3 Å². The Bertz CT molecular complexity index is 167. The molecule has 5 N–H and O–H groups in total. The maximum Gasteiger partial charge on any atom is 0.110 e. The second-order valence-electron chi connectivity index (χ2n) is 3.11. The Labute approximate surface area is 101 Å². The second-order valence-corrected chi connectivity index (χ2v) is 3.11. The van der Waals surface area contributed by atoms with Crippen molar-refractivity contribution >= 4 is 0 Å². The lowest BCUT2D eigenvalue weighted by atomic mass is 10.1. The Morgan fingerprint density at radius 1 is 0.882 bits per heavy atom. The van der Waals surface area contributed by atoms with Crippen molar-refractivity contribution in [2.45, 2.75) is 18.3 Å². The Kier molecular flexibility index (Phi) is 14.6. The van der Waals surface area contributed by atoms with E-state index in [9.17, 15) is 0 Å².